The minimum absolute atomic E-state index is 0.147. The number of aliphatic hydroxyl groups excluding tert-OH is 1. The minimum atomic E-state index is -1.12. The Labute approximate surface area is 170 Å². The van der Waals surface area contributed by atoms with E-state index in [1.807, 2.05) is 0 Å². The Bertz CT molecular complexity index is 987. The van der Waals surface area contributed by atoms with Crippen molar-refractivity contribution in [1.29, 1.82) is 0 Å². The maximum Gasteiger partial charge on any atom is 0.305 e. The van der Waals surface area contributed by atoms with Crippen molar-refractivity contribution in [3.05, 3.63) is 75.3 Å². The van der Waals surface area contributed by atoms with Crippen LogP contribution < -0.4 is 0 Å². The molecule has 1 saturated heterocycles. The number of halogens is 2. The molecule has 0 saturated carbocycles. The number of hydrogen-bond donors (Lipinski definition) is 2. The molecule has 1 aliphatic rings. The second-order valence-electron chi connectivity index (χ2n) is 6.17. The lowest BCUT2D eigenvalue weighted by atomic mass is 9.95. The second-order valence-corrected chi connectivity index (χ2v) is 7.01. The molecule has 6 nitrogen and oxygen atoms in total. The smallest absolute Gasteiger partial charge is 0.305 e. The predicted molar refractivity (Wildman–Crippen MR) is 104 cm³/mol. The van der Waals surface area contributed by atoms with Crippen LogP contribution in [0.25, 0.3) is 5.76 Å². The number of nitrogens with zero attached hydrogens (tertiary/aromatic N) is 1. The van der Waals surface area contributed by atoms with Crippen LogP contribution in [-0.2, 0) is 14.4 Å². The number of Topliss-reactive ketones (excluding diaryl/α,β-unsaturated/α-hetero) is 1. The number of benzene rings is 2. The molecular weight excluding hydrogens is 405 g/mol. The van der Waals surface area contributed by atoms with Gasteiger partial charge in [0.05, 0.1) is 18.0 Å². The van der Waals surface area contributed by atoms with E-state index in [0.717, 1.165) is 4.90 Å². The van der Waals surface area contributed by atoms with E-state index in [0.29, 0.717) is 16.1 Å². The van der Waals surface area contributed by atoms with E-state index >= 15 is 0 Å². The fraction of sp³-hybridized carbons (Fsp3) is 0.150. The first-order chi connectivity index (χ1) is 13.3. The fourth-order valence-electron chi connectivity index (χ4n) is 3.12. The highest BCUT2D eigenvalue weighted by Gasteiger charge is 2.46. The zero-order chi connectivity index (χ0) is 20.4. The van der Waals surface area contributed by atoms with Crippen molar-refractivity contribution in [1.82, 2.24) is 4.90 Å². The number of amides is 1. The molecule has 2 aromatic carbocycles. The average Bonchev–Trinajstić information content (AvgIpc) is 2.91. The molecule has 0 aromatic heterocycles. The Kier molecular flexibility index (Phi) is 5.72. The van der Waals surface area contributed by atoms with E-state index in [-0.39, 0.29) is 29.3 Å². The van der Waals surface area contributed by atoms with Gasteiger partial charge in [0.25, 0.3) is 11.7 Å². The Balaban J connectivity index is 2.19. The van der Waals surface area contributed by atoms with Crippen molar-refractivity contribution in [3.63, 3.8) is 0 Å². The first-order valence-corrected chi connectivity index (χ1v) is 9.07. The van der Waals surface area contributed by atoms with Crippen LogP contribution >= 0.6 is 23.2 Å². The number of hydrogen-bond acceptors (Lipinski definition) is 4. The van der Waals surface area contributed by atoms with Gasteiger partial charge in [-0.2, -0.15) is 0 Å². The van der Waals surface area contributed by atoms with Crippen molar-refractivity contribution in [2.75, 3.05) is 6.54 Å². The molecule has 3 rings (SSSR count). The standard InChI is InChI=1S/C20H15Cl2NO5/c21-12-6-7-13(14(22)10-12)17-16(18(26)11-4-2-1-3-5-11)19(27)20(28)23(17)9-8-15(24)25/h1-7,10,17,26H,8-9H2,(H,24,25)/b18-16-. The topological polar surface area (TPSA) is 94.9 Å². The molecule has 1 amide bonds. The molecule has 0 aliphatic carbocycles. The van der Waals surface area contributed by atoms with Gasteiger partial charge >= 0.3 is 5.97 Å². The van der Waals surface area contributed by atoms with Crippen molar-refractivity contribution in [2.24, 2.45) is 0 Å². The molecule has 144 valence electrons. The summed E-state index contributed by atoms with van der Waals surface area (Å²) in [6.45, 7) is -0.213. The lowest BCUT2D eigenvalue weighted by Gasteiger charge is -2.25. The molecule has 1 aliphatic heterocycles. The zero-order valence-electron chi connectivity index (χ0n) is 14.4. The van der Waals surface area contributed by atoms with E-state index in [9.17, 15) is 19.5 Å². The Morgan fingerprint density at radius 1 is 1.04 bits per heavy atom. The number of rotatable bonds is 5. The van der Waals surface area contributed by atoms with E-state index in [1.165, 1.54) is 6.07 Å². The monoisotopic (exact) mass is 419 g/mol. The molecule has 2 aromatic rings. The van der Waals surface area contributed by atoms with Crippen molar-refractivity contribution in [3.8, 4) is 0 Å². The Hall–Kier alpha value is -2.83. The van der Waals surface area contributed by atoms with E-state index in [1.54, 1.807) is 42.5 Å². The minimum Gasteiger partial charge on any atom is -0.507 e. The highest BCUT2D eigenvalue weighted by molar-refractivity contribution is 6.47. The largest absolute Gasteiger partial charge is 0.507 e. The summed E-state index contributed by atoms with van der Waals surface area (Å²) in [6, 6.07) is 11.8. The summed E-state index contributed by atoms with van der Waals surface area (Å²) in [6.07, 6.45) is -0.361. The predicted octanol–water partition coefficient (Wildman–Crippen LogP) is 3.89. The third kappa shape index (κ3) is 3.74. The van der Waals surface area contributed by atoms with Gasteiger partial charge in [0.2, 0.25) is 0 Å². The lowest BCUT2D eigenvalue weighted by molar-refractivity contribution is -0.142. The Morgan fingerprint density at radius 3 is 2.32 bits per heavy atom. The van der Waals surface area contributed by atoms with Crippen molar-refractivity contribution >= 4 is 46.6 Å². The SMILES string of the molecule is O=C(O)CCN1C(=O)C(=O)/C(=C(\O)c2ccccc2)C1c1ccc(Cl)cc1Cl. The molecule has 28 heavy (non-hydrogen) atoms. The first kappa shape index (κ1) is 19.9. The van der Waals surface area contributed by atoms with E-state index in [2.05, 4.69) is 0 Å². The summed E-state index contributed by atoms with van der Waals surface area (Å²) in [5.41, 5.74) is 0.577. The third-order valence-electron chi connectivity index (χ3n) is 4.41. The third-order valence-corrected chi connectivity index (χ3v) is 4.97. The van der Waals surface area contributed by atoms with Crippen LogP contribution in [0.2, 0.25) is 10.0 Å². The van der Waals surface area contributed by atoms with Gasteiger partial charge in [0, 0.05) is 22.2 Å². The zero-order valence-corrected chi connectivity index (χ0v) is 15.9. The number of ketones is 1. The summed E-state index contributed by atoms with van der Waals surface area (Å²) in [5.74, 6) is -3.27. The molecule has 0 radical (unpaired) electrons. The quantitative estimate of drug-likeness (QED) is 0.435. The van der Waals surface area contributed by atoms with Gasteiger partial charge in [-0.05, 0) is 17.7 Å². The molecule has 1 heterocycles. The van der Waals surface area contributed by atoms with E-state index in [4.69, 9.17) is 28.3 Å². The number of aliphatic carboxylic acids is 1. The molecule has 2 N–H and O–H groups in total. The number of carbonyl (C=O) groups excluding carboxylic acids is 2. The number of likely N-dealkylation sites (tertiary alicyclic amines) is 1. The molecule has 1 fully saturated rings. The van der Waals surface area contributed by atoms with Gasteiger partial charge in [-0.25, -0.2) is 0 Å². The maximum atomic E-state index is 12.7. The van der Waals surface area contributed by atoms with Crippen LogP contribution in [0, 0.1) is 0 Å². The van der Waals surface area contributed by atoms with Crippen molar-refractivity contribution in [2.45, 2.75) is 12.5 Å². The highest BCUT2D eigenvalue weighted by atomic mass is 35.5. The lowest BCUT2D eigenvalue weighted by Crippen LogP contribution is -2.32. The van der Waals surface area contributed by atoms with Gasteiger partial charge in [0.15, 0.2) is 0 Å². The number of carbonyl (C=O) groups is 3. The molecule has 0 spiro atoms. The van der Waals surface area contributed by atoms with Crippen LogP contribution in [0.3, 0.4) is 0 Å². The van der Waals surface area contributed by atoms with Gasteiger partial charge in [-0.3, -0.25) is 14.4 Å². The normalized spacial score (nSPS) is 18.5. The van der Waals surface area contributed by atoms with Crippen LogP contribution in [0.1, 0.15) is 23.6 Å². The summed E-state index contributed by atoms with van der Waals surface area (Å²) in [4.78, 5) is 37.4. The average molecular weight is 420 g/mol. The van der Waals surface area contributed by atoms with Crippen LogP contribution in [-0.4, -0.2) is 39.3 Å². The summed E-state index contributed by atoms with van der Waals surface area (Å²) < 4.78 is 0. The summed E-state index contributed by atoms with van der Waals surface area (Å²) >= 11 is 12.2. The molecule has 1 unspecified atom stereocenters. The second kappa shape index (κ2) is 8.04. The highest BCUT2D eigenvalue weighted by Crippen LogP contribution is 2.42. The van der Waals surface area contributed by atoms with Gasteiger partial charge in [0.1, 0.15) is 5.76 Å². The fourth-order valence-corrected chi connectivity index (χ4v) is 3.64. The molecular formula is C20H15Cl2NO5. The van der Waals surface area contributed by atoms with Gasteiger partial charge in [-0.1, -0.05) is 59.6 Å². The van der Waals surface area contributed by atoms with Crippen LogP contribution in [0.5, 0.6) is 0 Å². The van der Waals surface area contributed by atoms with Crippen LogP contribution in [0.4, 0.5) is 0 Å². The summed E-state index contributed by atoms with van der Waals surface area (Å²) in [5, 5.41) is 20.3. The maximum absolute atomic E-state index is 12.7. The number of carboxylic acid groups (broad SMARTS) is 1. The molecule has 1 atom stereocenters. The molecule has 8 heteroatoms. The number of carboxylic acids is 1. The van der Waals surface area contributed by atoms with Crippen LogP contribution in [0.15, 0.2) is 54.1 Å². The first-order valence-electron chi connectivity index (χ1n) is 8.32. The Morgan fingerprint density at radius 2 is 1.71 bits per heavy atom. The van der Waals surface area contributed by atoms with Gasteiger partial charge < -0.3 is 15.1 Å². The van der Waals surface area contributed by atoms with Gasteiger partial charge in [-0.15, -0.1) is 0 Å². The van der Waals surface area contributed by atoms with Crippen molar-refractivity contribution < 1.29 is 24.6 Å². The number of aliphatic hydroxyl groups is 1. The molecule has 0 bridgehead atoms. The van der Waals surface area contributed by atoms with E-state index < -0.39 is 23.7 Å². The summed E-state index contributed by atoms with van der Waals surface area (Å²) in [7, 11) is 0.